The molecule has 6 aliphatic rings. The second kappa shape index (κ2) is 11.4. The number of unbranched alkanes of at least 4 members (excludes halogenated alkanes) is 2. The van der Waals surface area contributed by atoms with Crippen molar-refractivity contribution >= 4 is 23.2 Å². The minimum Gasteiger partial charge on any atom is -0.493 e. The van der Waals surface area contributed by atoms with Crippen LogP contribution < -0.4 is 35.1 Å². The van der Waals surface area contributed by atoms with Crippen LogP contribution in [0.4, 0.5) is 11.4 Å². The number of anilines is 2. The van der Waals surface area contributed by atoms with E-state index in [2.05, 4.69) is 10.2 Å². The molecule has 12 nitrogen and oxygen atoms in total. The molecule has 4 N–H and O–H groups in total. The Morgan fingerprint density at radius 3 is 2.06 bits per heavy atom. The van der Waals surface area contributed by atoms with Crippen LogP contribution in [0.1, 0.15) is 78.5 Å². The Morgan fingerprint density at radius 2 is 1.40 bits per heavy atom. The monoisotopic (exact) mass is 647 g/mol. The lowest BCUT2D eigenvalue weighted by atomic mass is 10.0. The number of fused-ring (bicyclic) bond motifs is 4. The fourth-order valence-electron chi connectivity index (χ4n) is 8.22. The predicted octanol–water partition coefficient (Wildman–Crippen LogP) is 3.76. The number of aliphatic hydroxyl groups is 1. The average molecular weight is 648 g/mol. The van der Waals surface area contributed by atoms with Crippen LogP contribution in [0.15, 0.2) is 24.3 Å². The first-order valence-electron chi connectivity index (χ1n) is 17.0. The third kappa shape index (κ3) is 5.29. The Labute approximate surface area is 275 Å². The highest BCUT2D eigenvalue weighted by atomic mass is 16.5. The smallest absolute Gasteiger partial charge is 0.256 e. The minimum absolute atomic E-state index is 0.0727. The Bertz CT molecular complexity index is 1590. The highest BCUT2D eigenvalue weighted by Gasteiger charge is 2.57. The van der Waals surface area contributed by atoms with Gasteiger partial charge in [0, 0.05) is 37.8 Å². The molecule has 12 heteroatoms. The van der Waals surface area contributed by atoms with Crippen LogP contribution in [0.5, 0.6) is 23.0 Å². The van der Waals surface area contributed by atoms with Gasteiger partial charge in [-0.3, -0.25) is 14.6 Å². The van der Waals surface area contributed by atoms with Crippen molar-refractivity contribution in [3.63, 3.8) is 0 Å². The Morgan fingerprint density at radius 1 is 0.809 bits per heavy atom. The van der Waals surface area contributed by atoms with Gasteiger partial charge in [-0.25, -0.2) is 5.84 Å². The molecule has 47 heavy (non-hydrogen) atoms. The number of benzene rings is 2. The fraction of sp³-hybridized carbons (Fsp3) is 0.600. The molecule has 2 aromatic carbocycles. The average Bonchev–Trinajstić information content (AvgIpc) is 3.96. The lowest BCUT2D eigenvalue weighted by molar-refractivity contribution is 0.0513. The van der Waals surface area contributed by atoms with Gasteiger partial charge in [-0.05, 0) is 80.8 Å². The quantitative estimate of drug-likeness (QED) is 0.258. The number of carbonyl (C=O) groups is 2. The zero-order valence-electron chi connectivity index (χ0n) is 27.3. The summed E-state index contributed by atoms with van der Waals surface area (Å²) in [6, 6.07) is 6.98. The van der Waals surface area contributed by atoms with Gasteiger partial charge >= 0.3 is 0 Å². The molecule has 3 unspecified atom stereocenters. The molecule has 4 fully saturated rings. The fourth-order valence-corrected chi connectivity index (χ4v) is 8.22. The largest absolute Gasteiger partial charge is 0.493 e. The van der Waals surface area contributed by atoms with Gasteiger partial charge in [0.05, 0.1) is 56.0 Å². The lowest BCUT2D eigenvalue weighted by Gasteiger charge is -2.30. The Balaban J connectivity index is 0.858. The van der Waals surface area contributed by atoms with E-state index in [9.17, 15) is 14.7 Å². The van der Waals surface area contributed by atoms with E-state index in [1.54, 1.807) is 31.3 Å². The van der Waals surface area contributed by atoms with Crippen molar-refractivity contribution < 1.29 is 33.6 Å². The second-order valence-corrected chi connectivity index (χ2v) is 14.5. The number of hydrogen-bond acceptors (Lipinski definition) is 10. The number of methoxy groups -OCH3 is 2. The van der Waals surface area contributed by atoms with Crippen LogP contribution in [0.3, 0.4) is 0 Å². The molecule has 0 bridgehead atoms. The first kappa shape index (κ1) is 30.4. The zero-order valence-corrected chi connectivity index (χ0v) is 27.3. The van der Waals surface area contributed by atoms with E-state index in [1.807, 2.05) is 12.1 Å². The number of nitrogens with two attached hydrogens (primary N) is 1. The highest BCUT2D eigenvalue weighted by Crippen LogP contribution is 2.57. The number of carbonyl (C=O) groups excluding carboxylic acids is 2. The van der Waals surface area contributed by atoms with Crippen LogP contribution in [-0.2, 0) is 0 Å². The standard InChI is InChI=1S/C35H45N5O7/c1-44-27-12-22-24(37-18-21-16-34(6-7-34)19-38(21)31(22)41)14-29(27)46-10-4-3-5-11-47-30-15-25-23(13-28(30)45-2)32(42)39-20-35(8-9-35)17-26(39)33(43)40(25)36/h12-15,21,26,33,37,43H,3-11,16-20,36H2,1-2H3. The molecule has 0 aromatic heterocycles. The molecule has 252 valence electrons. The van der Waals surface area contributed by atoms with E-state index in [0.29, 0.717) is 65.0 Å². The normalized spacial score (nSPS) is 25.8. The molecule has 2 saturated heterocycles. The summed E-state index contributed by atoms with van der Waals surface area (Å²) >= 11 is 0. The predicted molar refractivity (Wildman–Crippen MR) is 174 cm³/mol. The molecule has 2 aromatic rings. The van der Waals surface area contributed by atoms with Crippen LogP contribution in [0.25, 0.3) is 0 Å². The number of hydrogen-bond donors (Lipinski definition) is 3. The SMILES string of the molecule is COc1cc2c(cc1OCCCCCOc1cc3c(cc1OC)C(=O)N1CC4(CC4)CC1C(O)N3N)NCC1CC3(CC3)CN1C2=O. The molecule has 4 aliphatic heterocycles. The Kier molecular flexibility index (Phi) is 7.36. The van der Waals surface area contributed by atoms with Gasteiger partial charge in [0.1, 0.15) is 0 Å². The van der Waals surface area contributed by atoms with Crippen LogP contribution >= 0.6 is 0 Å². The van der Waals surface area contributed by atoms with Crippen LogP contribution in [-0.4, -0.2) is 92.1 Å². The number of nitrogens with zero attached hydrogens (tertiary/aromatic N) is 3. The van der Waals surface area contributed by atoms with Gasteiger partial charge in [0.25, 0.3) is 11.8 Å². The molecule has 3 atom stereocenters. The van der Waals surface area contributed by atoms with Crippen molar-refractivity contribution in [3.8, 4) is 23.0 Å². The van der Waals surface area contributed by atoms with E-state index in [0.717, 1.165) is 63.7 Å². The molecule has 8 rings (SSSR count). The highest BCUT2D eigenvalue weighted by molar-refractivity contribution is 6.02. The molecular formula is C35H45N5O7. The number of rotatable bonds is 10. The maximum Gasteiger partial charge on any atom is 0.256 e. The summed E-state index contributed by atoms with van der Waals surface area (Å²) < 4.78 is 23.5. The van der Waals surface area contributed by atoms with Crippen molar-refractivity contribution in [2.75, 3.05) is 57.4 Å². The molecule has 2 aliphatic carbocycles. The first-order valence-corrected chi connectivity index (χ1v) is 17.0. The minimum atomic E-state index is -0.997. The summed E-state index contributed by atoms with van der Waals surface area (Å²) in [6.45, 7) is 3.18. The van der Waals surface area contributed by atoms with Gasteiger partial charge < -0.3 is 39.2 Å². The number of amides is 2. The third-order valence-corrected chi connectivity index (χ3v) is 11.4. The van der Waals surface area contributed by atoms with Crippen molar-refractivity contribution in [3.05, 3.63) is 35.4 Å². The maximum atomic E-state index is 13.6. The molecular weight excluding hydrogens is 602 g/mol. The number of ether oxygens (including phenoxy) is 4. The lowest BCUT2D eigenvalue weighted by Crippen LogP contribution is -2.51. The van der Waals surface area contributed by atoms with E-state index < -0.39 is 6.23 Å². The van der Waals surface area contributed by atoms with Crippen molar-refractivity contribution in [2.24, 2.45) is 16.7 Å². The van der Waals surface area contributed by atoms with Crippen LogP contribution in [0.2, 0.25) is 0 Å². The van der Waals surface area contributed by atoms with Gasteiger partial charge in [0.2, 0.25) is 0 Å². The van der Waals surface area contributed by atoms with Crippen molar-refractivity contribution in [2.45, 2.75) is 76.1 Å². The molecule has 4 heterocycles. The summed E-state index contributed by atoms with van der Waals surface area (Å²) in [7, 11) is 3.15. The topological polar surface area (TPSA) is 139 Å². The summed E-state index contributed by atoms with van der Waals surface area (Å²) in [4.78, 5) is 30.9. The van der Waals surface area contributed by atoms with Crippen molar-refractivity contribution in [1.29, 1.82) is 0 Å². The molecule has 2 amide bonds. The number of aliphatic hydroxyl groups excluding tert-OH is 1. The van der Waals surface area contributed by atoms with Crippen molar-refractivity contribution in [1.82, 2.24) is 9.80 Å². The van der Waals surface area contributed by atoms with Gasteiger partial charge in [0.15, 0.2) is 29.2 Å². The van der Waals surface area contributed by atoms with Gasteiger partial charge in [-0.2, -0.15) is 0 Å². The zero-order chi connectivity index (χ0) is 32.5. The number of hydrazine groups is 1. The second-order valence-electron chi connectivity index (χ2n) is 14.5. The van der Waals surface area contributed by atoms with Crippen LogP contribution in [0, 0.1) is 10.8 Å². The molecule has 2 spiro atoms. The molecule has 2 saturated carbocycles. The summed E-state index contributed by atoms with van der Waals surface area (Å²) in [5, 5.41) is 15.9. The van der Waals surface area contributed by atoms with Gasteiger partial charge in [-0.1, -0.05) is 0 Å². The maximum absolute atomic E-state index is 13.6. The summed E-state index contributed by atoms with van der Waals surface area (Å²) in [6.07, 6.45) is 7.89. The third-order valence-electron chi connectivity index (χ3n) is 11.4. The first-order chi connectivity index (χ1) is 22.7. The Hall–Kier alpha value is -3.90. The summed E-state index contributed by atoms with van der Waals surface area (Å²) in [5.41, 5.74) is 2.78. The van der Waals surface area contributed by atoms with E-state index in [1.165, 1.54) is 17.9 Å². The van der Waals surface area contributed by atoms with E-state index in [4.69, 9.17) is 24.8 Å². The molecule has 0 radical (unpaired) electrons. The van der Waals surface area contributed by atoms with E-state index >= 15 is 0 Å². The summed E-state index contributed by atoms with van der Waals surface area (Å²) in [5.74, 6) is 8.45. The number of nitrogens with one attached hydrogen (secondary N) is 1. The van der Waals surface area contributed by atoms with E-state index in [-0.39, 0.29) is 29.3 Å². The van der Waals surface area contributed by atoms with Gasteiger partial charge in [-0.15, -0.1) is 0 Å².